The van der Waals surface area contributed by atoms with E-state index in [0.717, 1.165) is 11.3 Å². The summed E-state index contributed by atoms with van der Waals surface area (Å²) in [5.41, 5.74) is 7.91. The predicted octanol–water partition coefficient (Wildman–Crippen LogP) is 2.57. The summed E-state index contributed by atoms with van der Waals surface area (Å²) in [6.45, 7) is 2.53. The van der Waals surface area contributed by atoms with Crippen molar-refractivity contribution in [2.24, 2.45) is 5.73 Å². The molecule has 0 saturated carbocycles. The number of ether oxygens (including phenoxy) is 1. The van der Waals surface area contributed by atoms with Gasteiger partial charge in [0.25, 0.3) is 0 Å². The van der Waals surface area contributed by atoms with Gasteiger partial charge in [-0.3, -0.25) is 4.98 Å². The first-order chi connectivity index (χ1) is 8.69. The van der Waals surface area contributed by atoms with Crippen molar-refractivity contribution < 1.29 is 9.13 Å². The highest BCUT2D eigenvalue weighted by molar-refractivity contribution is 5.29. The summed E-state index contributed by atoms with van der Waals surface area (Å²) in [4.78, 5) is 4.11. The topological polar surface area (TPSA) is 48.1 Å². The fraction of sp³-hybridized carbons (Fsp3) is 0.214. The van der Waals surface area contributed by atoms with E-state index in [2.05, 4.69) is 4.98 Å². The quantitative estimate of drug-likeness (QED) is 0.902. The Labute approximate surface area is 105 Å². The van der Waals surface area contributed by atoms with Crippen molar-refractivity contribution in [3.63, 3.8) is 0 Å². The van der Waals surface area contributed by atoms with Gasteiger partial charge in [0.05, 0.1) is 5.69 Å². The Morgan fingerprint density at radius 1 is 1.28 bits per heavy atom. The molecule has 0 fully saturated rings. The summed E-state index contributed by atoms with van der Waals surface area (Å²) < 4.78 is 18.7. The van der Waals surface area contributed by atoms with Gasteiger partial charge in [-0.05, 0) is 48.4 Å². The largest absolute Gasteiger partial charge is 0.489 e. The van der Waals surface area contributed by atoms with E-state index < -0.39 is 0 Å². The van der Waals surface area contributed by atoms with E-state index in [1.807, 2.05) is 12.1 Å². The number of halogens is 1. The van der Waals surface area contributed by atoms with Crippen molar-refractivity contribution in [3.8, 4) is 5.75 Å². The average molecular weight is 246 g/mol. The lowest BCUT2D eigenvalue weighted by Gasteiger charge is -2.08. The second-order valence-corrected chi connectivity index (χ2v) is 4.06. The molecule has 18 heavy (non-hydrogen) atoms. The van der Waals surface area contributed by atoms with Crippen LogP contribution in [0.1, 0.15) is 16.8 Å². The molecule has 2 aromatic rings. The molecule has 0 atom stereocenters. The molecule has 0 unspecified atom stereocenters. The Morgan fingerprint density at radius 3 is 2.83 bits per heavy atom. The number of nitrogens with zero attached hydrogens (tertiary/aromatic N) is 1. The Balaban J connectivity index is 2.04. The van der Waals surface area contributed by atoms with Gasteiger partial charge in [-0.25, -0.2) is 4.39 Å². The van der Waals surface area contributed by atoms with Crippen molar-refractivity contribution >= 4 is 0 Å². The van der Waals surface area contributed by atoms with Crippen LogP contribution >= 0.6 is 0 Å². The lowest BCUT2D eigenvalue weighted by Crippen LogP contribution is -2.02. The van der Waals surface area contributed by atoms with Crippen LogP contribution in [0.3, 0.4) is 0 Å². The smallest absolute Gasteiger partial charge is 0.126 e. The zero-order valence-electron chi connectivity index (χ0n) is 10.2. The molecule has 0 saturated heterocycles. The molecule has 0 bridgehead atoms. The molecule has 4 heteroatoms. The predicted molar refractivity (Wildman–Crippen MR) is 67.6 cm³/mol. The number of hydrogen-bond donors (Lipinski definition) is 1. The van der Waals surface area contributed by atoms with Gasteiger partial charge in [0.2, 0.25) is 0 Å². The minimum absolute atomic E-state index is 0.225. The SMILES string of the molecule is Cc1cc(OCc2ccnc(CN)c2)ccc1F. The van der Waals surface area contributed by atoms with Crippen molar-refractivity contribution in [2.75, 3.05) is 0 Å². The van der Waals surface area contributed by atoms with Gasteiger partial charge in [-0.1, -0.05) is 0 Å². The molecular weight excluding hydrogens is 231 g/mol. The van der Waals surface area contributed by atoms with E-state index in [0.29, 0.717) is 24.5 Å². The normalized spacial score (nSPS) is 10.4. The molecule has 0 aliphatic carbocycles. The van der Waals surface area contributed by atoms with Crippen LogP contribution in [-0.2, 0) is 13.2 Å². The molecule has 0 amide bonds. The van der Waals surface area contributed by atoms with Crippen LogP contribution < -0.4 is 10.5 Å². The Morgan fingerprint density at radius 2 is 2.11 bits per heavy atom. The maximum atomic E-state index is 13.1. The van der Waals surface area contributed by atoms with Crippen LogP contribution in [0.25, 0.3) is 0 Å². The molecule has 2 N–H and O–H groups in total. The zero-order chi connectivity index (χ0) is 13.0. The van der Waals surface area contributed by atoms with E-state index in [9.17, 15) is 4.39 Å². The lowest BCUT2D eigenvalue weighted by atomic mass is 10.2. The molecule has 1 aromatic heterocycles. The molecule has 1 heterocycles. The van der Waals surface area contributed by atoms with Crippen molar-refractivity contribution in [1.29, 1.82) is 0 Å². The first kappa shape index (κ1) is 12.5. The van der Waals surface area contributed by atoms with Gasteiger partial charge in [0.15, 0.2) is 0 Å². The van der Waals surface area contributed by atoms with Crippen LogP contribution in [0.2, 0.25) is 0 Å². The highest BCUT2D eigenvalue weighted by Crippen LogP contribution is 2.17. The second kappa shape index (κ2) is 5.60. The molecule has 0 aliphatic rings. The number of benzene rings is 1. The van der Waals surface area contributed by atoms with Crippen LogP contribution in [0.5, 0.6) is 5.75 Å². The third-order valence-electron chi connectivity index (χ3n) is 2.63. The monoisotopic (exact) mass is 246 g/mol. The van der Waals surface area contributed by atoms with Gasteiger partial charge in [0.1, 0.15) is 18.2 Å². The van der Waals surface area contributed by atoms with Crippen molar-refractivity contribution in [1.82, 2.24) is 4.98 Å². The minimum Gasteiger partial charge on any atom is -0.489 e. The second-order valence-electron chi connectivity index (χ2n) is 4.06. The number of nitrogens with two attached hydrogens (primary N) is 1. The van der Waals surface area contributed by atoms with E-state index in [4.69, 9.17) is 10.5 Å². The molecule has 2 rings (SSSR count). The first-order valence-electron chi connectivity index (χ1n) is 5.72. The van der Waals surface area contributed by atoms with Gasteiger partial charge in [-0.15, -0.1) is 0 Å². The lowest BCUT2D eigenvalue weighted by molar-refractivity contribution is 0.305. The van der Waals surface area contributed by atoms with E-state index in [-0.39, 0.29) is 5.82 Å². The fourth-order valence-corrected chi connectivity index (χ4v) is 1.60. The summed E-state index contributed by atoms with van der Waals surface area (Å²) in [6.07, 6.45) is 1.71. The molecule has 0 radical (unpaired) electrons. The van der Waals surface area contributed by atoms with E-state index >= 15 is 0 Å². The maximum absolute atomic E-state index is 13.1. The van der Waals surface area contributed by atoms with E-state index in [1.54, 1.807) is 25.3 Å². The molecular formula is C14H15FN2O. The highest BCUT2D eigenvalue weighted by atomic mass is 19.1. The summed E-state index contributed by atoms with van der Waals surface area (Å²) in [5, 5.41) is 0. The third kappa shape index (κ3) is 3.05. The van der Waals surface area contributed by atoms with Crippen LogP contribution in [0, 0.1) is 12.7 Å². The number of aromatic nitrogens is 1. The zero-order valence-corrected chi connectivity index (χ0v) is 10.2. The average Bonchev–Trinajstić information content (AvgIpc) is 2.40. The Kier molecular flexibility index (Phi) is 3.89. The minimum atomic E-state index is -0.225. The summed E-state index contributed by atoms with van der Waals surface area (Å²) in [7, 11) is 0. The summed E-state index contributed by atoms with van der Waals surface area (Å²) in [5.74, 6) is 0.427. The standard InChI is InChI=1S/C14H15FN2O/c1-10-6-13(2-3-14(10)15)18-9-11-4-5-17-12(7-11)8-16/h2-7H,8-9,16H2,1H3. The molecule has 0 spiro atoms. The van der Waals surface area contributed by atoms with Gasteiger partial charge in [0, 0.05) is 12.7 Å². The number of aryl methyl sites for hydroxylation is 1. The van der Waals surface area contributed by atoms with Gasteiger partial charge < -0.3 is 10.5 Å². The Hall–Kier alpha value is -1.94. The number of pyridine rings is 1. The highest BCUT2D eigenvalue weighted by Gasteiger charge is 2.01. The van der Waals surface area contributed by atoms with Crippen LogP contribution in [-0.4, -0.2) is 4.98 Å². The fourth-order valence-electron chi connectivity index (χ4n) is 1.60. The summed E-state index contributed by atoms with van der Waals surface area (Å²) in [6, 6.07) is 8.47. The molecule has 0 aliphatic heterocycles. The first-order valence-corrected chi connectivity index (χ1v) is 5.72. The van der Waals surface area contributed by atoms with Crippen LogP contribution in [0.4, 0.5) is 4.39 Å². The summed E-state index contributed by atoms with van der Waals surface area (Å²) >= 11 is 0. The number of rotatable bonds is 4. The van der Waals surface area contributed by atoms with Crippen molar-refractivity contribution in [2.45, 2.75) is 20.1 Å². The van der Waals surface area contributed by atoms with Crippen LogP contribution in [0.15, 0.2) is 36.5 Å². The number of hydrogen-bond acceptors (Lipinski definition) is 3. The van der Waals surface area contributed by atoms with Crippen molar-refractivity contribution in [3.05, 3.63) is 59.2 Å². The maximum Gasteiger partial charge on any atom is 0.126 e. The molecule has 1 aromatic carbocycles. The third-order valence-corrected chi connectivity index (χ3v) is 2.63. The Bertz CT molecular complexity index is 543. The molecule has 3 nitrogen and oxygen atoms in total. The van der Waals surface area contributed by atoms with Gasteiger partial charge in [-0.2, -0.15) is 0 Å². The van der Waals surface area contributed by atoms with Gasteiger partial charge >= 0.3 is 0 Å². The molecule has 94 valence electrons. The van der Waals surface area contributed by atoms with E-state index in [1.165, 1.54) is 6.07 Å².